The molecule has 0 bridgehead atoms. The molecule has 0 amide bonds. The monoisotopic (exact) mass is 268 g/mol. The standard InChI is InChI=1S/C14H24N2OS/c1-17-8-7-15-11-14(5-3-2-4-6-14)9-13-10-18-12-16-13/h10,12,15H,2-9,11H2,1H3. The second-order valence-corrected chi connectivity index (χ2v) is 6.11. The molecule has 4 heteroatoms. The fourth-order valence-corrected chi connectivity index (χ4v) is 3.51. The van der Waals surface area contributed by atoms with Gasteiger partial charge in [-0.05, 0) is 24.7 Å². The first kappa shape index (κ1) is 14.0. The molecular weight excluding hydrogens is 244 g/mol. The van der Waals surface area contributed by atoms with E-state index >= 15 is 0 Å². The molecule has 1 saturated carbocycles. The highest BCUT2D eigenvalue weighted by atomic mass is 32.1. The fraction of sp³-hybridized carbons (Fsp3) is 0.786. The van der Waals surface area contributed by atoms with Crippen LogP contribution in [0, 0.1) is 5.41 Å². The molecule has 1 fully saturated rings. The van der Waals surface area contributed by atoms with E-state index in [9.17, 15) is 0 Å². The number of thiazole rings is 1. The van der Waals surface area contributed by atoms with Crippen molar-refractivity contribution in [2.45, 2.75) is 38.5 Å². The Balaban J connectivity index is 1.89. The van der Waals surface area contributed by atoms with Crippen LogP contribution in [0.1, 0.15) is 37.8 Å². The quantitative estimate of drug-likeness (QED) is 0.772. The summed E-state index contributed by atoms with van der Waals surface area (Å²) in [6, 6.07) is 0. The Labute approximate surface area is 114 Å². The Bertz CT molecular complexity index is 321. The maximum Gasteiger partial charge on any atom is 0.0794 e. The summed E-state index contributed by atoms with van der Waals surface area (Å²) in [6.07, 6.45) is 7.95. The summed E-state index contributed by atoms with van der Waals surface area (Å²) < 4.78 is 5.10. The molecule has 18 heavy (non-hydrogen) atoms. The van der Waals surface area contributed by atoms with Crippen molar-refractivity contribution in [3.63, 3.8) is 0 Å². The lowest BCUT2D eigenvalue weighted by atomic mass is 9.71. The van der Waals surface area contributed by atoms with E-state index in [1.165, 1.54) is 37.8 Å². The lowest BCUT2D eigenvalue weighted by Gasteiger charge is -2.37. The predicted molar refractivity (Wildman–Crippen MR) is 76.1 cm³/mol. The summed E-state index contributed by atoms with van der Waals surface area (Å²) in [5.74, 6) is 0. The van der Waals surface area contributed by atoms with Gasteiger partial charge in [0.05, 0.1) is 17.8 Å². The molecule has 0 saturated heterocycles. The zero-order chi connectivity index (χ0) is 12.7. The van der Waals surface area contributed by atoms with Gasteiger partial charge in [0.1, 0.15) is 0 Å². The highest BCUT2D eigenvalue weighted by molar-refractivity contribution is 7.07. The van der Waals surface area contributed by atoms with E-state index in [2.05, 4.69) is 15.7 Å². The van der Waals surface area contributed by atoms with E-state index in [-0.39, 0.29) is 0 Å². The maximum absolute atomic E-state index is 5.10. The van der Waals surface area contributed by atoms with Crippen LogP contribution in [0.3, 0.4) is 0 Å². The van der Waals surface area contributed by atoms with Crippen molar-refractivity contribution in [1.29, 1.82) is 0 Å². The average molecular weight is 268 g/mol. The minimum absolute atomic E-state index is 0.431. The Morgan fingerprint density at radius 2 is 2.22 bits per heavy atom. The van der Waals surface area contributed by atoms with E-state index in [0.717, 1.165) is 26.1 Å². The molecule has 0 aromatic carbocycles. The average Bonchev–Trinajstić information content (AvgIpc) is 2.89. The SMILES string of the molecule is COCCNCC1(Cc2cscn2)CCCCC1. The van der Waals surface area contributed by atoms with Crippen molar-refractivity contribution in [2.24, 2.45) is 5.41 Å². The molecule has 1 N–H and O–H groups in total. The number of aromatic nitrogens is 1. The summed E-state index contributed by atoms with van der Waals surface area (Å²) in [5.41, 5.74) is 3.65. The molecule has 3 nitrogen and oxygen atoms in total. The van der Waals surface area contributed by atoms with Gasteiger partial charge < -0.3 is 10.1 Å². The van der Waals surface area contributed by atoms with Gasteiger partial charge in [0.25, 0.3) is 0 Å². The summed E-state index contributed by atoms with van der Waals surface area (Å²) in [6.45, 7) is 2.86. The molecule has 0 unspecified atom stereocenters. The van der Waals surface area contributed by atoms with Crippen LogP contribution < -0.4 is 5.32 Å². The van der Waals surface area contributed by atoms with E-state index in [0.29, 0.717) is 5.41 Å². The third kappa shape index (κ3) is 4.04. The van der Waals surface area contributed by atoms with Crippen LogP contribution in [0.5, 0.6) is 0 Å². The Morgan fingerprint density at radius 3 is 2.89 bits per heavy atom. The van der Waals surface area contributed by atoms with Crippen molar-refractivity contribution in [3.8, 4) is 0 Å². The number of rotatable bonds is 7. The van der Waals surface area contributed by atoms with Crippen molar-refractivity contribution in [3.05, 3.63) is 16.6 Å². The minimum Gasteiger partial charge on any atom is -0.383 e. The second kappa shape index (κ2) is 7.22. The third-order valence-corrected chi connectivity index (χ3v) is 4.57. The van der Waals surface area contributed by atoms with E-state index in [1.807, 2.05) is 5.51 Å². The van der Waals surface area contributed by atoms with Gasteiger partial charge >= 0.3 is 0 Å². The zero-order valence-corrected chi connectivity index (χ0v) is 12.1. The van der Waals surface area contributed by atoms with Crippen LogP contribution >= 0.6 is 11.3 Å². The molecule has 0 atom stereocenters. The molecule has 2 rings (SSSR count). The van der Waals surface area contributed by atoms with Crippen molar-refractivity contribution in [2.75, 3.05) is 26.8 Å². The molecular formula is C14H24N2OS. The summed E-state index contributed by atoms with van der Waals surface area (Å²) in [5, 5.41) is 5.76. The summed E-state index contributed by atoms with van der Waals surface area (Å²) in [4.78, 5) is 4.47. The molecule has 1 aliphatic carbocycles. The smallest absolute Gasteiger partial charge is 0.0794 e. The number of nitrogens with one attached hydrogen (secondary N) is 1. The number of ether oxygens (including phenoxy) is 1. The number of hydrogen-bond acceptors (Lipinski definition) is 4. The van der Waals surface area contributed by atoms with E-state index in [1.54, 1.807) is 18.4 Å². The van der Waals surface area contributed by atoms with Crippen LogP contribution in [-0.2, 0) is 11.2 Å². The Hall–Kier alpha value is -0.450. The van der Waals surface area contributed by atoms with Gasteiger partial charge in [-0.1, -0.05) is 19.3 Å². The van der Waals surface area contributed by atoms with Gasteiger partial charge in [0.2, 0.25) is 0 Å². The van der Waals surface area contributed by atoms with Gasteiger partial charge in [-0.25, -0.2) is 4.98 Å². The van der Waals surface area contributed by atoms with Gasteiger partial charge in [-0.3, -0.25) is 0 Å². The van der Waals surface area contributed by atoms with Crippen LogP contribution in [0.25, 0.3) is 0 Å². The summed E-state index contributed by atoms with van der Waals surface area (Å²) in [7, 11) is 1.76. The van der Waals surface area contributed by atoms with Crippen LogP contribution in [0.2, 0.25) is 0 Å². The largest absolute Gasteiger partial charge is 0.383 e. The van der Waals surface area contributed by atoms with Crippen molar-refractivity contribution < 1.29 is 4.74 Å². The van der Waals surface area contributed by atoms with Crippen molar-refractivity contribution in [1.82, 2.24) is 10.3 Å². The normalized spacial score (nSPS) is 18.9. The van der Waals surface area contributed by atoms with Crippen LogP contribution in [-0.4, -0.2) is 31.8 Å². The van der Waals surface area contributed by atoms with Crippen molar-refractivity contribution >= 4 is 11.3 Å². The number of methoxy groups -OCH3 is 1. The maximum atomic E-state index is 5.10. The molecule has 1 aromatic heterocycles. The first-order valence-corrected chi connectivity index (χ1v) is 7.86. The molecule has 0 radical (unpaired) electrons. The number of hydrogen-bond donors (Lipinski definition) is 1. The molecule has 102 valence electrons. The van der Waals surface area contributed by atoms with Gasteiger partial charge in [-0.15, -0.1) is 11.3 Å². The lowest BCUT2D eigenvalue weighted by molar-refractivity contribution is 0.162. The Morgan fingerprint density at radius 1 is 1.39 bits per heavy atom. The molecule has 0 aliphatic heterocycles. The highest BCUT2D eigenvalue weighted by Crippen LogP contribution is 2.38. The zero-order valence-electron chi connectivity index (χ0n) is 11.3. The first-order chi connectivity index (χ1) is 8.85. The number of nitrogens with zero attached hydrogens (tertiary/aromatic N) is 1. The first-order valence-electron chi connectivity index (χ1n) is 6.91. The predicted octanol–water partition coefficient (Wildman–Crippen LogP) is 2.87. The highest BCUT2D eigenvalue weighted by Gasteiger charge is 2.32. The minimum atomic E-state index is 0.431. The molecule has 1 heterocycles. The third-order valence-electron chi connectivity index (χ3n) is 3.94. The lowest BCUT2D eigenvalue weighted by Crippen LogP contribution is -2.39. The van der Waals surface area contributed by atoms with Crippen LogP contribution in [0.4, 0.5) is 0 Å². The second-order valence-electron chi connectivity index (χ2n) is 5.39. The topological polar surface area (TPSA) is 34.1 Å². The van der Waals surface area contributed by atoms with E-state index in [4.69, 9.17) is 4.74 Å². The van der Waals surface area contributed by atoms with Crippen LogP contribution in [0.15, 0.2) is 10.9 Å². The Kier molecular flexibility index (Phi) is 5.60. The summed E-state index contributed by atoms with van der Waals surface area (Å²) >= 11 is 1.71. The molecule has 0 spiro atoms. The fourth-order valence-electron chi connectivity index (χ4n) is 2.95. The van der Waals surface area contributed by atoms with Gasteiger partial charge in [0, 0.05) is 25.6 Å². The van der Waals surface area contributed by atoms with Gasteiger partial charge in [0.15, 0.2) is 0 Å². The molecule has 1 aromatic rings. The molecule has 1 aliphatic rings. The van der Waals surface area contributed by atoms with E-state index < -0.39 is 0 Å². The van der Waals surface area contributed by atoms with Gasteiger partial charge in [-0.2, -0.15) is 0 Å².